The topological polar surface area (TPSA) is 54.8 Å². The molecule has 4 rings (SSSR count). The zero-order valence-corrected chi connectivity index (χ0v) is 17.6. The van der Waals surface area contributed by atoms with E-state index in [-0.39, 0.29) is 39.8 Å². The molecule has 0 amide bonds. The Morgan fingerprint density at radius 3 is 2.58 bits per heavy atom. The third kappa shape index (κ3) is 4.61. The number of hydrogen-bond donors (Lipinski definition) is 2. The van der Waals surface area contributed by atoms with Crippen LogP contribution in [-0.2, 0) is 6.54 Å². The average Bonchev–Trinajstić information content (AvgIpc) is 2.95. The van der Waals surface area contributed by atoms with Gasteiger partial charge in [0.2, 0.25) is 5.95 Å². The number of benzene rings is 1. The Morgan fingerprint density at radius 1 is 1.12 bits per heavy atom. The highest BCUT2D eigenvalue weighted by Gasteiger charge is 2.17. The standard InChI is InChI=1S/C18H20FN5.2BrH/c19-14-3-1-13(2-4-14)12-24-17-7-10-21-11-16(17)23-18(24)22-15-5-8-20-9-6-15;;/h1-4,7,10-11,15,20H,5-6,8-9,12H2,(H,22,23);2*1H. The van der Waals surface area contributed by atoms with E-state index < -0.39 is 0 Å². The monoisotopic (exact) mass is 485 g/mol. The summed E-state index contributed by atoms with van der Waals surface area (Å²) < 4.78 is 15.3. The third-order valence-corrected chi connectivity index (χ3v) is 4.48. The van der Waals surface area contributed by atoms with Crippen LogP contribution in [0.5, 0.6) is 0 Å². The summed E-state index contributed by atoms with van der Waals surface area (Å²) in [6, 6.07) is 9.02. The van der Waals surface area contributed by atoms with Gasteiger partial charge in [0.25, 0.3) is 0 Å². The number of rotatable bonds is 4. The Kier molecular flexibility index (Phi) is 7.55. The summed E-state index contributed by atoms with van der Waals surface area (Å²) in [5.41, 5.74) is 2.95. The van der Waals surface area contributed by atoms with E-state index in [0.717, 1.165) is 48.5 Å². The van der Waals surface area contributed by atoms with Crippen molar-refractivity contribution in [2.24, 2.45) is 0 Å². The lowest BCUT2D eigenvalue weighted by molar-refractivity contribution is 0.476. The number of nitrogens with one attached hydrogen (secondary N) is 2. The Hall–Kier alpha value is -1.51. The van der Waals surface area contributed by atoms with Crippen LogP contribution in [-0.4, -0.2) is 33.7 Å². The van der Waals surface area contributed by atoms with Gasteiger partial charge < -0.3 is 15.2 Å². The predicted octanol–water partition coefficient (Wildman–Crippen LogP) is 3.94. The van der Waals surface area contributed by atoms with Gasteiger partial charge in [-0.3, -0.25) is 4.98 Å². The number of nitrogens with zero attached hydrogens (tertiary/aromatic N) is 3. The number of pyridine rings is 1. The van der Waals surface area contributed by atoms with Crippen molar-refractivity contribution in [3.05, 3.63) is 54.1 Å². The molecule has 0 bridgehead atoms. The van der Waals surface area contributed by atoms with Crippen LogP contribution in [0.3, 0.4) is 0 Å². The summed E-state index contributed by atoms with van der Waals surface area (Å²) in [5, 5.41) is 6.95. The van der Waals surface area contributed by atoms with Crippen LogP contribution in [0.4, 0.5) is 10.3 Å². The van der Waals surface area contributed by atoms with Gasteiger partial charge in [-0.15, -0.1) is 34.0 Å². The lowest BCUT2D eigenvalue weighted by Gasteiger charge is -2.24. The number of hydrogen-bond acceptors (Lipinski definition) is 4. The van der Waals surface area contributed by atoms with Gasteiger partial charge in [-0.2, -0.15) is 0 Å². The van der Waals surface area contributed by atoms with Crippen molar-refractivity contribution < 1.29 is 4.39 Å². The van der Waals surface area contributed by atoms with E-state index in [1.54, 1.807) is 12.4 Å². The molecule has 1 fully saturated rings. The van der Waals surface area contributed by atoms with Crippen LogP contribution in [0, 0.1) is 5.82 Å². The highest BCUT2D eigenvalue weighted by Crippen LogP contribution is 2.22. The second-order valence-electron chi connectivity index (χ2n) is 6.18. The van der Waals surface area contributed by atoms with Crippen molar-refractivity contribution in [1.29, 1.82) is 0 Å². The molecule has 3 aromatic rings. The van der Waals surface area contributed by atoms with Gasteiger partial charge in [0.05, 0.1) is 18.3 Å². The molecule has 3 heterocycles. The smallest absolute Gasteiger partial charge is 0.204 e. The summed E-state index contributed by atoms with van der Waals surface area (Å²) in [5.74, 6) is 0.640. The van der Waals surface area contributed by atoms with Crippen molar-refractivity contribution in [2.75, 3.05) is 18.4 Å². The Labute approximate surface area is 173 Å². The fraction of sp³-hybridized carbons (Fsp3) is 0.333. The number of piperidine rings is 1. The van der Waals surface area contributed by atoms with Gasteiger partial charge in [-0.1, -0.05) is 12.1 Å². The maximum Gasteiger partial charge on any atom is 0.204 e. The largest absolute Gasteiger partial charge is 0.353 e. The minimum absolute atomic E-state index is 0. The number of fused-ring (bicyclic) bond motifs is 1. The molecular formula is C18H22Br2FN5. The molecule has 0 aliphatic carbocycles. The summed E-state index contributed by atoms with van der Waals surface area (Å²) in [7, 11) is 0. The summed E-state index contributed by atoms with van der Waals surface area (Å²) in [6.07, 6.45) is 5.72. The van der Waals surface area contributed by atoms with Crippen LogP contribution >= 0.6 is 34.0 Å². The van der Waals surface area contributed by atoms with E-state index in [2.05, 4.69) is 20.2 Å². The van der Waals surface area contributed by atoms with E-state index in [1.807, 2.05) is 18.2 Å². The summed E-state index contributed by atoms with van der Waals surface area (Å²) in [6.45, 7) is 2.70. The molecule has 140 valence electrons. The van der Waals surface area contributed by atoms with Crippen molar-refractivity contribution >= 4 is 50.9 Å². The second kappa shape index (κ2) is 9.43. The highest BCUT2D eigenvalue weighted by atomic mass is 79.9. The second-order valence-corrected chi connectivity index (χ2v) is 6.18. The van der Waals surface area contributed by atoms with Crippen molar-refractivity contribution in [3.63, 3.8) is 0 Å². The SMILES string of the molecule is Br.Br.Fc1ccc(Cn2c(NC3CCNCC3)nc3cnccc32)cc1. The number of aromatic nitrogens is 3. The van der Waals surface area contributed by atoms with Crippen LogP contribution < -0.4 is 10.6 Å². The molecule has 26 heavy (non-hydrogen) atoms. The van der Waals surface area contributed by atoms with Crippen molar-refractivity contribution in [3.8, 4) is 0 Å². The van der Waals surface area contributed by atoms with E-state index in [9.17, 15) is 4.39 Å². The first kappa shape index (κ1) is 20.8. The lowest BCUT2D eigenvalue weighted by Crippen LogP contribution is -2.36. The Morgan fingerprint density at radius 2 is 1.85 bits per heavy atom. The molecular weight excluding hydrogens is 465 g/mol. The molecule has 0 spiro atoms. The van der Waals surface area contributed by atoms with E-state index >= 15 is 0 Å². The Bertz CT molecular complexity index is 831. The predicted molar refractivity (Wildman–Crippen MR) is 113 cm³/mol. The number of imidazole rings is 1. The molecule has 2 aromatic heterocycles. The van der Waals surface area contributed by atoms with Crippen molar-refractivity contribution in [2.45, 2.75) is 25.4 Å². The number of halogens is 3. The van der Waals surface area contributed by atoms with Gasteiger partial charge >= 0.3 is 0 Å². The minimum atomic E-state index is -0.216. The molecule has 0 radical (unpaired) electrons. The fourth-order valence-electron chi connectivity index (χ4n) is 3.17. The van der Waals surface area contributed by atoms with E-state index in [0.29, 0.717) is 12.6 Å². The van der Waals surface area contributed by atoms with Gasteiger partial charge in [0.15, 0.2) is 0 Å². The summed E-state index contributed by atoms with van der Waals surface area (Å²) >= 11 is 0. The quantitative estimate of drug-likeness (QED) is 0.586. The Balaban J connectivity index is 0.00000121. The third-order valence-electron chi connectivity index (χ3n) is 4.48. The van der Waals surface area contributed by atoms with Gasteiger partial charge in [-0.25, -0.2) is 9.37 Å². The van der Waals surface area contributed by atoms with Gasteiger partial charge in [0.1, 0.15) is 11.3 Å². The molecule has 0 unspecified atom stereocenters. The van der Waals surface area contributed by atoms with Gasteiger partial charge in [-0.05, 0) is 49.7 Å². The van der Waals surface area contributed by atoms with E-state index in [1.165, 1.54) is 12.1 Å². The first-order valence-electron chi connectivity index (χ1n) is 8.31. The molecule has 1 aliphatic rings. The van der Waals surface area contributed by atoms with Crippen LogP contribution in [0.1, 0.15) is 18.4 Å². The molecule has 8 heteroatoms. The first-order chi connectivity index (χ1) is 11.8. The summed E-state index contributed by atoms with van der Waals surface area (Å²) in [4.78, 5) is 8.88. The van der Waals surface area contributed by atoms with Crippen LogP contribution in [0.15, 0.2) is 42.7 Å². The molecule has 1 saturated heterocycles. The van der Waals surface area contributed by atoms with Gasteiger partial charge in [0, 0.05) is 12.2 Å². The minimum Gasteiger partial charge on any atom is -0.353 e. The highest BCUT2D eigenvalue weighted by molar-refractivity contribution is 8.93. The molecule has 0 saturated carbocycles. The lowest BCUT2D eigenvalue weighted by atomic mass is 10.1. The average molecular weight is 487 g/mol. The molecule has 1 aliphatic heterocycles. The molecule has 0 atom stereocenters. The molecule has 2 N–H and O–H groups in total. The molecule has 1 aromatic carbocycles. The van der Waals surface area contributed by atoms with Crippen molar-refractivity contribution in [1.82, 2.24) is 19.9 Å². The maximum atomic E-state index is 13.2. The van der Waals surface area contributed by atoms with Crippen LogP contribution in [0.25, 0.3) is 11.0 Å². The first-order valence-corrected chi connectivity index (χ1v) is 8.31. The zero-order chi connectivity index (χ0) is 16.4. The number of anilines is 1. The fourth-order valence-corrected chi connectivity index (χ4v) is 3.17. The zero-order valence-electron chi connectivity index (χ0n) is 14.2. The molecule has 5 nitrogen and oxygen atoms in total. The normalized spacial score (nSPS) is 14.5. The van der Waals surface area contributed by atoms with Crippen LogP contribution in [0.2, 0.25) is 0 Å². The van der Waals surface area contributed by atoms with E-state index in [4.69, 9.17) is 4.98 Å². The maximum absolute atomic E-state index is 13.2.